The fraction of sp³-hybridized carbons (Fsp3) is 0.438. The van der Waals surface area contributed by atoms with Gasteiger partial charge in [-0.2, -0.15) is 0 Å². The highest BCUT2D eigenvalue weighted by Gasteiger charge is 2.09. The molecule has 1 amide bonds. The quantitative estimate of drug-likeness (QED) is 0.822. The summed E-state index contributed by atoms with van der Waals surface area (Å²) in [6, 6.07) is 5.36. The number of allylic oxidation sites excluding steroid dienone is 1. The predicted octanol–water partition coefficient (Wildman–Crippen LogP) is 4.08. The average molecular weight is 338 g/mol. The van der Waals surface area contributed by atoms with E-state index in [1.165, 1.54) is 31.3 Å². The number of methoxy groups -OCH3 is 1. The summed E-state index contributed by atoms with van der Waals surface area (Å²) in [5, 5.41) is 2.97. The minimum atomic E-state index is -0.0373. The molecule has 0 unspecified atom stereocenters. The number of rotatable bonds is 5. The first kappa shape index (κ1) is 15.1. The summed E-state index contributed by atoms with van der Waals surface area (Å²) in [4.78, 5) is 12.0. The Kier molecular flexibility index (Phi) is 5.65. The Labute approximate surface area is 128 Å². The van der Waals surface area contributed by atoms with Gasteiger partial charge in [0.1, 0.15) is 5.75 Å². The van der Waals surface area contributed by atoms with Gasteiger partial charge < -0.3 is 10.1 Å². The first-order valence-electron chi connectivity index (χ1n) is 7.00. The number of nitrogens with one attached hydrogen (secondary N) is 1. The van der Waals surface area contributed by atoms with Crippen LogP contribution in [0.4, 0.5) is 0 Å². The van der Waals surface area contributed by atoms with Crippen molar-refractivity contribution in [1.29, 1.82) is 0 Å². The normalized spacial score (nSPS) is 14.6. The van der Waals surface area contributed by atoms with Crippen LogP contribution in [-0.4, -0.2) is 19.6 Å². The van der Waals surface area contributed by atoms with Crippen LogP contribution in [0.2, 0.25) is 0 Å². The minimum Gasteiger partial charge on any atom is -0.496 e. The molecule has 1 aliphatic rings. The molecule has 3 nitrogen and oxygen atoms in total. The van der Waals surface area contributed by atoms with E-state index in [9.17, 15) is 4.79 Å². The second kappa shape index (κ2) is 7.48. The zero-order valence-electron chi connectivity index (χ0n) is 11.7. The monoisotopic (exact) mass is 337 g/mol. The lowest BCUT2D eigenvalue weighted by atomic mass is 9.97. The molecule has 1 aliphatic carbocycles. The zero-order valence-corrected chi connectivity index (χ0v) is 13.3. The van der Waals surface area contributed by atoms with E-state index < -0.39 is 0 Å². The molecular weight excluding hydrogens is 318 g/mol. The second-order valence-electron chi connectivity index (χ2n) is 4.96. The molecule has 0 spiro atoms. The highest BCUT2D eigenvalue weighted by Crippen LogP contribution is 2.25. The van der Waals surface area contributed by atoms with Crippen molar-refractivity contribution in [3.8, 4) is 5.75 Å². The Bertz CT molecular complexity index is 511. The van der Waals surface area contributed by atoms with Gasteiger partial charge in [0, 0.05) is 12.1 Å². The number of hydrogen-bond donors (Lipinski definition) is 1. The summed E-state index contributed by atoms with van der Waals surface area (Å²) in [7, 11) is 1.61. The molecule has 108 valence electrons. The van der Waals surface area contributed by atoms with Crippen LogP contribution in [0.1, 0.15) is 42.5 Å². The highest BCUT2D eigenvalue weighted by atomic mass is 79.9. The van der Waals surface area contributed by atoms with Gasteiger partial charge in [-0.05, 0) is 66.2 Å². The van der Waals surface area contributed by atoms with Gasteiger partial charge in [0.05, 0.1) is 11.6 Å². The third-order valence-electron chi connectivity index (χ3n) is 3.53. The third-order valence-corrected chi connectivity index (χ3v) is 4.15. The molecule has 20 heavy (non-hydrogen) atoms. The van der Waals surface area contributed by atoms with E-state index in [4.69, 9.17) is 4.74 Å². The summed E-state index contributed by atoms with van der Waals surface area (Å²) >= 11 is 3.39. The molecule has 0 radical (unpaired) electrons. The molecule has 0 saturated carbocycles. The summed E-state index contributed by atoms with van der Waals surface area (Å²) < 4.78 is 5.95. The predicted molar refractivity (Wildman–Crippen MR) is 84.2 cm³/mol. The van der Waals surface area contributed by atoms with Crippen LogP contribution in [0, 0.1) is 0 Å². The number of carbonyl (C=O) groups excluding carboxylic acids is 1. The maximum atomic E-state index is 12.0. The first-order valence-corrected chi connectivity index (χ1v) is 7.79. The van der Waals surface area contributed by atoms with Crippen molar-refractivity contribution < 1.29 is 9.53 Å². The maximum Gasteiger partial charge on any atom is 0.251 e. The van der Waals surface area contributed by atoms with Crippen LogP contribution >= 0.6 is 15.9 Å². The summed E-state index contributed by atoms with van der Waals surface area (Å²) in [6.07, 6.45) is 8.24. The highest BCUT2D eigenvalue weighted by molar-refractivity contribution is 9.10. The van der Waals surface area contributed by atoms with E-state index in [1.807, 2.05) is 0 Å². The molecule has 0 fully saturated rings. The number of benzene rings is 1. The standard InChI is InChI=1S/C16H20BrNO2/c1-20-15-8-7-13(11-14(15)17)16(19)18-10-9-12-5-3-2-4-6-12/h5,7-8,11H,2-4,6,9-10H2,1H3,(H,18,19). The topological polar surface area (TPSA) is 38.3 Å². The van der Waals surface area contributed by atoms with Gasteiger partial charge in [0.15, 0.2) is 0 Å². The first-order chi connectivity index (χ1) is 9.70. The van der Waals surface area contributed by atoms with Crippen LogP contribution in [0.25, 0.3) is 0 Å². The number of carbonyl (C=O) groups is 1. The fourth-order valence-electron chi connectivity index (χ4n) is 2.38. The molecule has 1 N–H and O–H groups in total. The van der Waals surface area contributed by atoms with Crippen LogP contribution in [0.5, 0.6) is 5.75 Å². The maximum absolute atomic E-state index is 12.0. The van der Waals surface area contributed by atoms with E-state index >= 15 is 0 Å². The van der Waals surface area contributed by atoms with E-state index in [1.54, 1.807) is 25.3 Å². The van der Waals surface area contributed by atoms with Gasteiger partial charge in [-0.3, -0.25) is 4.79 Å². The van der Waals surface area contributed by atoms with Gasteiger partial charge in [-0.1, -0.05) is 11.6 Å². The van der Waals surface area contributed by atoms with Crippen molar-refractivity contribution >= 4 is 21.8 Å². The number of ether oxygens (including phenoxy) is 1. The molecule has 2 rings (SSSR count). The lowest BCUT2D eigenvalue weighted by molar-refractivity contribution is 0.0954. The van der Waals surface area contributed by atoms with E-state index in [0.717, 1.165) is 16.6 Å². The molecule has 1 aromatic rings. The Morgan fingerprint density at radius 2 is 2.25 bits per heavy atom. The molecule has 0 aliphatic heterocycles. The third kappa shape index (κ3) is 4.10. The lowest BCUT2D eigenvalue weighted by Crippen LogP contribution is -2.24. The SMILES string of the molecule is COc1ccc(C(=O)NCCC2=CCCCC2)cc1Br. The van der Waals surface area contributed by atoms with Gasteiger partial charge in [0.25, 0.3) is 5.91 Å². The van der Waals surface area contributed by atoms with Gasteiger partial charge in [-0.15, -0.1) is 0 Å². The Morgan fingerprint density at radius 3 is 2.90 bits per heavy atom. The van der Waals surface area contributed by atoms with Crippen LogP contribution < -0.4 is 10.1 Å². The molecule has 1 aromatic carbocycles. The molecule has 0 heterocycles. The molecule has 0 atom stereocenters. The Morgan fingerprint density at radius 1 is 1.40 bits per heavy atom. The zero-order chi connectivity index (χ0) is 14.4. The number of amides is 1. The van der Waals surface area contributed by atoms with E-state index in [0.29, 0.717) is 12.1 Å². The Balaban J connectivity index is 1.85. The second-order valence-corrected chi connectivity index (χ2v) is 5.82. The minimum absolute atomic E-state index is 0.0373. The molecule has 0 saturated heterocycles. The van der Waals surface area contributed by atoms with Crippen molar-refractivity contribution in [1.82, 2.24) is 5.32 Å². The van der Waals surface area contributed by atoms with Crippen molar-refractivity contribution in [3.63, 3.8) is 0 Å². The summed E-state index contributed by atoms with van der Waals surface area (Å²) in [5.41, 5.74) is 2.13. The van der Waals surface area contributed by atoms with Crippen LogP contribution in [0.15, 0.2) is 34.3 Å². The van der Waals surface area contributed by atoms with Crippen LogP contribution in [0.3, 0.4) is 0 Å². The van der Waals surface area contributed by atoms with Gasteiger partial charge in [0.2, 0.25) is 0 Å². The average Bonchev–Trinajstić information content (AvgIpc) is 2.48. The molecule has 0 aromatic heterocycles. The molecule has 0 bridgehead atoms. The van der Waals surface area contributed by atoms with E-state index in [-0.39, 0.29) is 5.91 Å². The van der Waals surface area contributed by atoms with Crippen molar-refractivity contribution in [2.75, 3.05) is 13.7 Å². The largest absolute Gasteiger partial charge is 0.496 e. The van der Waals surface area contributed by atoms with Gasteiger partial charge in [-0.25, -0.2) is 0 Å². The lowest BCUT2D eigenvalue weighted by Gasteiger charge is -2.13. The van der Waals surface area contributed by atoms with Crippen molar-refractivity contribution in [3.05, 3.63) is 39.9 Å². The number of halogens is 1. The molecular formula is C16H20BrNO2. The summed E-state index contributed by atoms with van der Waals surface area (Å²) in [6.45, 7) is 0.703. The van der Waals surface area contributed by atoms with Gasteiger partial charge >= 0.3 is 0 Å². The van der Waals surface area contributed by atoms with Crippen LogP contribution in [-0.2, 0) is 0 Å². The van der Waals surface area contributed by atoms with Crippen molar-refractivity contribution in [2.24, 2.45) is 0 Å². The van der Waals surface area contributed by atoms with Crippen molar-refractivity contribution in [2.45, 2.75) is 32.1 Å². The Hall–Kier alpha value is -1.29. The number of hydrogen-bond acceptors (Lipinski definition) is 2. The summed E-state index contributed by atoms with van der Waals surface area (Å²) in [5.74, 6) is 0.693. The smallest absolute Gasteiger partial charge is 0.251 e. The van der Waals surface area contributed by atoms with E-state index in [2.05, 4.69) is 27.3 Å². The molecule has 4 heteroatoms. The fourth-order valence-corrected chi connectivity index (χ4v) is 2.92.